The van der Waals surface area contributed by atoms with Crippen LogP contribution < -0.4 is 4.72 Å². The van der Waals surface area contributed by atoms with E-state index in [4.69, 9.17) is 4.74 Å². The molecule has 4 saturated carbocycles. The van der Waals surface area contributed by atoms with E-state index in [0.29, 0.717) is 49.6 Å². The molecule has 4 bridgehead atoms. The van der Waals surface area contributed by atoms with Gasteiger partial charge in [0.2, 0.25) is 10.0 Å². The highest BCUT2D eigenvalue weighted by Crippen LogP contribution is 2.56. The van der Waals surface area contributed by atoms with E-state index in [1.807, 2.05) is 6.26 Å². The van der Waals surface area contributed by atoms with Crippen LogP contribution in [-0.2, 0) is 14.8 Å². The lowest BCUT2D eigenvalue weighted by molar-refractivity contribution is -0.00810. The number of morpholine rings is 1. The molecule has 0 spiro atoms. The second-order valence-corrected chi connectivity index (χ2v) is 12.1. The number of nitrogens with one attached hydrogen (secondary N) is 1. The largest absolute Gasteiger partial charge is 0.378 e. The van der Waals surface area contributed by atoms with Gasteiger partial charge in [0, 0.05) is 23.5 Å². The molecule has 6 nitrogen and oxygen atoms in total. The van der Waals surface area contributed by atoms with E-state index < -0.39 is 10.0 Å². The number of benzene rings is 1. The Labute approximate surface area is 183 Å². The van der Waals surface area contributed by atoms with Gasteiger partial charge in [-0.25, -0.2) is 13.1 Å². The summed E-state index contributed by atoms with van der Waals surface area (Å²) in [7, 11) is -3.69. The number of carbonyl (C=O) groups is 1. The minimum absolute atomic E-state index is 0.116. The first-order valence-electron chi connectivity index (χ1n) is 11.0. The Morgan fingerprint density at radius 2 is 1.70 bits per heavy atom. The van der Waals surface area contributed by atoms with E-state index in [9.17, 15) is 13.2 Å². The van der Waals surface area contributed by atoms with Gasteiger partial charge in [-0.05, 0) is 80.7 Å². The smallest absolute Gasteiger partial charge is 0.255 e. The molecule has 164 valence electrons. The van der Waals surface area contributed by atoms with Crippen LogP contribution in [0.2, 0.25) is 0 Å². The van der Waals surface area contributed by atoms with Crippen LogP contribution in [0.4, 0.5) is 0 Å². The average Bonchev–Trinajstić information content (AvgIpc) is 2.71. The number of amides is 1. The molecule has 1 aromatic rings. The summed E-state index contributed by atoms with van der Waals surface area (Å²) in [5.74, 6) is 1.87. The summed E-state index contributed by atoms with van der Waals surface area (Å²) >= 11 is 1.47. The lowest BCUT2D eigenvalue weighted by Gasteiger charge is -2.56. The topological polar surface area (TPSA) is 75.7 Å². The average molecular weight is 451 g/mol. The number of carbonyl (C=O) groups excluding carboxylic acids is 1. The maximum absolute atomic E-state index is 13.4. The zero-order chi connectivity index (χ0) is 20.9. The van der Waals surface area contributed by atoms with Crippen LogP contribution in [0.3, 0.4) is 0 Å². The summed E-state index contributed by atoms with van der Waals surface area (Å²) in [6.45, 7) is 2.11. The predicted octanol–water partition coefficient (Wildman–Crippen LogP) is 3.13. The van der Waals surface area contributed by atoms with E-state index in [0.717, 1.165) is 24.2 Å². The van der Waals surface area contributed by atoms with Gasteiger partial charge in [-0.1, -0.05) is 0 Å². The summed E-state index contributed by atoms with van der Waals surface area (Å²) in [4.78, 5) is 15.9. The van der Waals surface area contributed by atoms with Crippen LogP contribution >= 0.6 is 11.8 Å². The summed E-state index contributed by atoms with van der Waals surface area (Å²) < 4.78 is 35.3. The van der Waals surface area contributed by atoms with E-state index in [1.54, 1.807) is 23.1 Å². The highest BCUT2D eigenvalue weighted by atomic mass is 32.2. The first-order chi connectivity index (χ1) is 14.4. The van der Waals surface area contributed by atoms with Crippen molar-refractivity contribution >= 4 is 27.7 Å². The SMILES string of the molecule is CSc1ccc(S(=O)(=O)NC23CC4CC(CC(C4)C2)C3)cc1C(=O)N1CCOCC1. The Balaban J connectivity index is 1.42. The van der Waals surface area contributed by atoms with E-state index >= 15 is 0 Å². The third-order valence-corrected chi connectivity index (χ3v) is 9.77. The van der Waals surface area contributed by atoms with Crippen molar-refractivity contribution in [3.8, 4) is 0 Å². The lowest BCUT2D eigenvalue weighted by atomic mass is 9.53. The monoisotopic (exact) mass is 450 g/mol. The highest BCUT2D eigenvalue weighted by molar-refractivity contribution is 7.98. The molecule has 1 N–H and O–H groups in total. The second kappa shape index (κ2) is 7.80. The highest BCUT2D eigenvalue weighted by Gasteiger charge is 2.52. The molecule has 1 amide bonds. The Kier molecular flexibility index (Phi) is 5.40. The Bertz CT molecular complexity index is 905. The maximum atomic E-state index is 13.4. The molecule has 30 heavy (non-hydrogen) atoms. The van der Waals surface area contributed by atoms with Gasteiger partial charge >= 0.3 is 0 Å². The van der Waals surface area contributed by atoms with Crippen molar-refractivity contribution < 1.29 is 17.9 Å². The van der Waals surface area contributed by atoms with E-state index in [2.05, 4.69) is 4.72 Å². The number of ether oxygens (including phenoxy) is 1. The fourth-order valence-electron chi connectivity index (χ4n) is 6.54. The summed E-state index contributed by atoms with van der Waals surface area (Å²) in [6.07, 6.45) is 8.58. The quantitative estimate of drug-likeness (QED) is 0.698. The van der Waals surface area contributed by atoms with E-state index in [1.165, 1.54) is 31.0 Å². The first kappa shape index (κ1) is 20.8. The normalized spacial score (nSPS) is 33.1. The van der Waals surface area contributed by atoms with Gasteiger partial charge in [-0.3, -0.25) is 4.79 Å². The molecule has 1 aromatic carbocycles. The van der Waals surface area contributed by atoms with Crippen molar-refractivity contribution in [1.82, 2.24) is 9.62 Å². The standard InChI is InChI=1S/C22H30N2O4S2/c1-29-20-3-2-18(11-19(20)21(25)24-4-6-28-7-5-24)30(26,27)23-22-12-15-8-16(13-22)10-17(9-15)14-22/h2-3,11,15-17,23H,4-10,12-14H2,1H3. The number of thioether (sulfide) groups is 1. The van der Waals surface area contributed by atoms with Gasteiger partial charge in [0.05, 0.1) is 23.7 Å². The molecule has 0 aromatic heterocycles. The van der Waals surface area contributed by atoms with Gasteiger partial charge in [-0.15, -0.1) is 11.8 Å². The maximum Gasteiger partial charge on any atom is 0.255 e. The second-order valence-electron chi connectivity index (χ2n) is 9.57. The molecule has 5 aliphatic rings. The molecule has 4 aliphatic carbocycles. The van der Waals surface area contributed by atoms with Gasteiger partial charge in [-0.2, -0.15) is 0 Å². The molecule has 0 radical (unpaired) electrons. The third kappa shape index (κ3) is 3.80. The van der Waals surface area contributed by atoms with Crippen LogP contribution in [0, 0.1) is 17.8 Å². The van der Waals surface area contributed by atoms with Crippen molar-refractivity contribution in [2.24, 2.45) is 17.8 Å². The molecule has 5 fully saturated rings. The number of nitrogens with zero attached hydrogens (tertiary/aromatic N) is 1. The number of hydrogen-bond donors (Lipinski definition) is 1. The molecule has 6 rings (SSSR count). The molecule has 1 saturated heterocycles. The minimum atomic E-state index is -3.69. The molecule has 8 heteroatoms. The van der Waals surface area contributed by atoms with Crippen molar-refractivity contribution in [2.45, 2.75) is 53.9 Å². The van der Waals surface area contributed by atoms with Crippen LogP contribution in [0.5, 0.6) is 0 Å². The number of hydrogen-bond acceptors (Lipinski definition) is 5. The van der Waals surface area contributed by atoms with Gasteiger partial charge in [0.25, 0.3) is 5.91 Å². The summed E-state index contributed by atoms with van der Waals surface area (Å²) in [5.41, 5.74) is 0.179. The van der Waals surface area contributed by atoms with Crippen LogP contribution in [0.25, 0.3) is 0 Å². The van der Waals surface area contributed by atoms with Crippen molar-refractivity contribution in [2.75, 3.05) is 32.6 Å². The predicted molar refractivity (Wildman–Crippen MR) is 116 cm³/mol. The fourth-order valence-corrected chi connectivity index (χ4v) is 8.57. The van der Waals surface area contributed by atoms with Gasteiger partial charge in [0.1, 0.15) is 0 Å². The molecule has 1 heterocycles. The third-order valence-electron chi connectivity index (χ3n) is 7.40. The molecule has 0 atom stereocenters. The van der Waals surface area contributed by atoms with E-state index in [-0.39, 0.29) is 16.3 Å². The number of sulfonamides is 1. The van der Waals surface area contributed by atoms with Gasteiger partial charge in [0.15, 0.2) is 0 Å². The van der Waals surface area contributed by atoms with Gasteiger partial charge < -0.3 is 9.64 Å². The first-order valence-corrected chi connectivity index (χ1v) is 13.7. The molecular weight excluding hydrogens is 420 g/mol. The number of rotatable bonds is 5. The molecule has 1 aliphatic heterocycles. The molecule has 0 unspecified atom stereocenters. The van der Waals surface area contributed by atoms with Crippen molar-refractivity contribution in [3.05, 3.63) is 23.8 Å². The van der Waals surface area contributed by atoms with Crippen LogP contribution in [-0.4, -0.2) is 57.3 Å². The fraction of sp³-hybridized carbons (Fsp3) is 0.682. The lowest BCUT2D eigenvalue weighted by Crippen LogP contribution is -2.59. The Hall–Kier alpha value is -1.09. The minimum Gasteiger partial charge on any atom is -0.378 e. The van der Waals surface area contributed by atoms with Crippen LogP contribution in [0.15, 0.2) is 28.0 Å². The zero-order valence-electron chi connectivity index (χ0n) is 17.4. The Morgan fingerprint density at radius 3 is 2.27 bits per heavy atom. The summed E-state index contributed by atoms with van der Waals surface area (Å²) in [6, 6.07) is 4.99. The molecular formula is C22H30N2O4S2. The Morgan fingerprint density at radius 1 is 1.10 bits per heavy atom. The zero-order valence-corrected chi connectivity index (χ0v) is 19.1. The van der Waals surface area contributed by atoms with Crippen LogP contribution in [0.1, 0.15) is 48.9 Å². The van der Waals surface area contributed by atoms with Crippen molar-refractivity contribution in [1.29, 1.82) is 0 Å². The summed E-state index contributed by atoms with van der Waals surface area (Å²) in [5, 5.41) is 0. The van der Waals surface area contributed by atoms with Crippen molar-refractivity contribution in [3.63, 3.8) is 0 Å².